The lowest BCUT2D eigenvalue weighted by Gasteiger charge is -2.17. The van der Waals surface area contributed by atoms with Gasteiger partial charge >= 0.3 is 0 Å². The molecule has 132 valence electrons. The predicted octanol–water partition coefficient (Wildman–Crippen LogP) is 1.39. The summed E-state index contributed by atoms with van der Waals surface area (Å²) in [5.41, 5.74) is 4.72. The van der Waals surface area contributed by atoms with Gasteiger partial charge in [-0.2, -0.15) is 0 Å². The van der Waals surface area contributed by atoms with Crippen molar-refractivity contribution in [2.24, 2.45) is 11.8 Å². The minimum atomic E-state index is -0.0917. The molecule has 0 aliphatic carbocycles. The molecule has 1 amide bonds. The molecule has 25 heavy (non-hydrogen) atoms. The van der Waals surface area contributed by atoms with E-state index in [1.54, 1.807) is 6.20 Å². The Labute approximate surface area is 146 Å². The number of hydrogen-bond donors (Lipinski definition) is 1. The molecule has 1 aromatic heterocycles. The fraction of sp³-hybridized carbons (Fsp3) is 0.389. The van der Waals surface area contributed by atoms with Gasteiger partial charge in [0, 0.05) is 19.6 Å². The topological polar surface area (TPSA) is 76.5 Å². The van der Waals surface area contributed by atoms with Crippen molar-refractivity contribution in [3.63, 3.8) is 0 Å². The standard InChI is InChI=1S/C18H22N4O3/c1-14-8-21(9-15-5-3-2-4-6-15)10-17(14)18(24)20-22-12-19-7-16(22)11-25-13-23/h2-7,12-14,17H,8-11H2,1H3,(H,20,24). The third-order valence-electron chi connectivity index (χ3n) is 4.52. The van der Waals surface area contributed by atoms with Crippen molar-refractivity contribution in [3.8, 4) is 0 Å². The number of nitrogens with one attached hydrogen (secondary N) is 1. The molecular formula is C18H22N4O3. The molecule has 0 spiro atoms. The van der Waals surface area contributed by atoms with Crippen LogP contribution in [0.25, 0.3) is 0 Å². The highest BCUT2D eigenvalue weighted by molar-refractivity contribution is 5.86. The van der Waals surface area contributed by atoms with Gasteiger partial charge in [-0.1, -0.05) is 37.3 Å². The summed E-state index contributed by atoms with van der Waals surface area (Å²) < 4.78 is 6.24. The van der Waals surface area contributed by atoms with Crippen LogP contribution in [-0.2, 0) is 27.5 Å². The van der Waals surface area contributed by atoms with Crippen molar-refractivity contribution in [1.82, 2.24) is 14.6 Å². The second-order valence-corrected chi connectivity index (χ2v) is 6.40. The largest absolute Gasteiger partial charge is 0.461 e. The third-order valence-corrected chi connectivity index (χ3v) is 4.52. The van der Waals surface area contributed by atoms with E-state index >= 15 is 0 Å². The molecule has 1 saturated heterocycles. The number of hydrogen-bond acceptors (Lipinski definition) is 5. The molecule has 7 heteroatoms. The van der Waals surface area contributed by atoms with Crippen LogP contribution in [0.5, 0.6) is 0 Å². The summed E-state index contributed by atoms with van der Waals surface area (Å²) in [6.45, 7) is 5.00. The summed E-state index contributed by atoms with van der Waals surface area (Å²) in [6, 6.07) is 10.3. The smallest absolute Gasteiger partial charge is 0.293 e. The quantitative estimate of drug-likeness (QED) is 0.770. The molecule has 2 heterocycles. The van der Waals surface area contributed by atoms with E-state index in [4.69, 9.17) is 4.74 Å². The lowest BCUT2D eigenvalue weighted by Crippen LogP contribution is -2.34. The van der Waals surface area contributed by atoms with Crippen LogP contribution in [0.2, 0.25) is 0 Å². The van der Waals surface area contributed by atoms with Gasteiger partial charge in [0.25, 0.3) is 6.47 Å². The monoisotopic (exact) mass is 342 g/mol. The van der Waals surface area contributed by atoms with Gasteiger partial charge < -0.3 is 4.74 Å². The second-order valence-electron chi connectivity index (χ2n) is 6.40. The van der Waals surface area contributed by atoms with E-state index in [0.29, 0.717) is 12.2 Å². The Balaban J connectivity index is 1.59. The molecule has 2 aromatic rings. The van der Waals surface area contributed by atoms with Crippen molar-refractivity contribution in [1.29, 1.82) is 0 Å². The number of benzene rings is 1. The van der Waals surface area contributed by atoms with Gasteiger partial charge in [0.1, 0.15) is 12.9 Å². The van der Waals surface area contributed by atoms with E-state index in [-0.39, 0.29) is 24.3 Å². The van der Waals surface area contributed by atoms with Crippen LogP contribution in [0, 0.1) is 11.8 Å². The highest BCUT2D eigenvalue weighted by Gasteiger charge is 2.34. The molecule has 0 radical (unpaired) electrons. The molecule has 0 bridgehead atoms. The lowest BCUT2D eigenvalue weighted by molar-refractivity contribution is -0.129. The predicted molar refractivity (Wildman–Crippen MR) is 91.8 cm³/mol. The van der Waals surface area contributed by atoms with Crippen LogP contribution in [0.4, 0.5) is 0 Å². The number of carbonyl (C=O) groups excluding carboxylic acids is 2. The Kier molecular flexibility index (Phi) is 5.45. The summed E-state index contributed by atoms with van der Waals surface area (Å²) in [4.78, 5) is 29.3. The van der Waals surface area contributed by atoms with Gasteiger partial charge in [0.15, 0.2) is 0 Å². The number of amides is 1. The number of nitrogens with zero attached hydrogens (tertiary/aromatic N) is 3. The average molecular weight is 342 g/mol. The number of carbonyl (C=O) groups is 2. The molecule has 2 atom stereocenters. The Bertz CT molecular complexity index is 716. The highest BCUT2D eigenvalue weighted by atomic mass is 16.5. The van der Waals surface area contributed by atoms with E-state index in [1.807, 2.05) is 18.2 Å². The van der Waals surface area contributed by atoms with Crippen molar-refractivity contribution in [2.45, 2.75) is 20.1 Å². The molecule has 7 nitrogen and oxygen atoms in total. The molecular weight excluding hydrogens is 320 g/mol. The first-order valence-electron chi connectivity index (χ1n) is 8.31. The van der Waals surface area contributed by atoms with Crippen LogP contribution >= 0.6 is 0 Å². The Morgan fingerprint density at radius 2 is 2.16 bits per heavy atom. The minimum absolute atomic E-state index is 0.0478. The SMILES string of the molecule is CC1CN(Cc2ccccc2)CC1C(=O)Nn1cncc1COC=O. The maximum Gasteiger partial charge on any atom is 0.293 e. The maximum absolute atomic E-state index is 12.7. The number of aromatic nitrogens is 2. The van der Waals surface area contributed by atoms with Crippen molar-refractivity contribution < 1.29 is 14.3 Å². The van der Waals surface area contributed by atoms with Crippen LogP contribution in [-0.4, -0.2) is 40.0 Å². The molecule has 1 aliphatic rings. The van der Waals surface area contributed by atoms with Crippen LogP contribution in [0.3, 0.4) is 0 Å². The van der Waals surface area contributed by atoms with Gasteiger partial charge in [-0.15, -0.1) is 0 Å². The molecule has 1 aliphatic heterocycles. The summed E-state index contributed by atoms with van der Waals surface area (Å²) in [6.07, 6.45) is 3.06. The van der Waals surface area contributed by atoms with Crippen LogP contribution in [0.15, 0.2) is 42.9 Å². The molecule has 1 aromatic carbocycles. The zero-order chi connectivity index (χ0) is 17.6. The van der Waals surface area contributed by atoms with Crippen molar-refractivity contribution >= 4 is 12.4 Å². The van der Waals surface area contributed by atoms with E-state index in [1.165, 1.54) is 16.6 Å². The van der Waals surface area contributed by atoms with Crippen LogP contribution in [0.1, 0.15) is 18.2 Å². The van der Waals surface area contributed by atoms with Gasteiger partial charge in [0.2, 0.25) is 5.91 Å². The van der Waals surface area contributed by atoms with Gasteiger partial charge in [-0.05, 0) is 11.5 Å². The van der Waals surface area contributed by atoms with Crippen molar-refractivity contribution in [3.05, 3.63) is 54.1 Å². The number of imidazole rings is 1. The summed E-state index contributed by atoms with van der Waals surface area (Å²) in [5, 5.41) is 0. The van der Waals surface area contributed by atoms with Gasteiger partial charge in [-0.3, -0.25) is 19.9 Å². The zero-order valence-corrected chi connectivity index (χ0v) is 14.2. The molecule has 3 rings (SSSR count). The first-order chi connectivity index (χ1) is 12.2. The molecule has 2 unspecified atom stereocenters. The number of likely N-dealkylation sites (tertiary alicyclic amines) is 1. The molecule has 1 fully saturated rings. The zero-order valence-electron chi connectivity index (χ0n) is 14.2. The summed E-state index contributed by atoms with van der Waals surface area (Å²) in [7, 11) is 0. The third kappa shape index (κ3) is 4.24. The van der Waals surface area contributed by atoms with E-state index in [9.17, 15) is 9.59 Å². The van der Waals surface area contributed by atoms with E-state index in [0.717, 1.165) is 19.6 Å². The second kappa shape index (κ2) is 7.94. The Morgan fingerprint density at radius 3 is 2.92 bits per heavy atom. The minimum Gasteiger partial charge on any atom is -0.461 e. The number of rotatable bonds is 7. The fourth-order valence-corrected chi connectivity index (χ4v) is 3.23. The Hall–Kier alpha value is -2.67. The van der Waals surface area contributed by atoms with Gasteiger partial charge in [0.05, 0.1) is 17.8 Å². The first-order valence-corrected chi connectivity index (χ1v) is 8.31. The number of ether oxygens (including phenoxy) is 1. The van der Waals surface area contributed by atoms with E-state index in [2.05, 4.69) is 34.4 Å². The Morgan fingerprint density at radius 1 is 1.36 bits per heavy atom. The maximum atomic E-state index is 12.7. The normalized spacial score (nSPS) is 20.4. The average Bonchev–Trinajstić information content (AvgIpc) is 3.20. The van der Waals surface area contributed by atoms with Crippen LogP contribution < -0.4 is 5.43 Å². The molecule has 1 N–H and O–H groups in total. The van der Waals surface area contributed by atoms with E-state index < -0.39 is 0 Å². The highest BCUT2D eigenvalue weighted by Crippen LogP contribution is 2.25. The van der Waals surface area contributed by atoms with Crippen molar-refractivity contribution in [2.75, 3.05) is 18.5 Å². The summed E-state index contributed by atoms with van der Waals surface area (Å²) in [5.74, 6) is 0.126. The fourth-order valence-electron chi connectivity index (χ4n) is 3.23. The summed E-state index contributed by atoms with van der Waals surface area (Å²) >= 11 is 0. The molecule has 0 saturated carbocycles. The first kappa shape index (κ1) is 17.2. The van der Waals surface area contributed by atoms with Gasteiger partial charge in [-0.25, -0.2) is 9.66 Å². The lowest BCUT2D eigenvalue weighted by atomic mass is 9.98.